The molecule has 0 radical (unpaired) electrons. The lowest BCUT2D eigenvalue weighted by molar-refractivity contribution is -0.0331. The molecule has 0 saturated heterocycles. The second-order valence-electron chi connectivity index (χ2n) is 2.45. The van der Waals surface area contributed by atoms with Gasteiger partial charge in [-0.3, -0.25) is 0 Å². The quantitative estimate of drug-likeness (QED) is 0.844. The summed E-state index contributed by atoms with van der Waals surface area (Å²) in [5, 5.41) is 0. The fourth-order valence-electron chi connectivity index (χ4n) is 0.750. The summed E-state index contributed by atoms with van der Waals surface area (Å²) in [6, 6.07) is 6.83. The molecular weight excluding hydrogens is 251 g/mol. The van der Waals surface area contributed by atoms with Crippen LogP contribution in [-0.4, -0.2) is 13.9 Å². The van der Waals surface area contributed by atoms with Gasteiger partial charge in [-0.05, 0) is 12.1 Å². The largest absolute Gasteiger partial charge is 0.457 e. The summed E-state index contributed by atoms with van der Waals surface area (Å²) in [6.45, 7) is 0. The first kappa shape index (κ1) is 12.3. The van der Waals surface area contributed by atoms with Crippen molar-refractivity contribution >= 4 is 22.0 Å². The van der Waals surface area contributed by atoms with Crippen molar-refractivity contribution in [2.24, 2.45) is 0 Å². The standard InChI is InChI=1S/C7H6F3NO2S2/c8-7(9,10)14-11-15(12,13)6-4-2-1-3-5-6/h1-5,11H. The molecular formula is C7H6F3NO2S2. The first-order chi connectivity index (χ1) is 6.81. The average molecular weight is 257 g/mol. The van der Waals surface area contributed by atoms with Crippen LogP contribution in [0.25, 0.3) is 0 Å². The highest BCUT2D eigenvalue weighted by Crippen LogP contribution is 2.28. The van der Waals surface area contributed by atoms with Crippen molar-refractivity contribution < 1.29 is 21.6 Å². The van der Waals surface area contributed by atoms with E-state index in [1.54, 1.807) is 6.07 Å². The molecule has 3 nitrogen and oxygen atoms in total. The molecule has 0 amide bonds. The van der Waals surface area contributed by atoms with Crippen LogP contribution in [0.4, 0.5) is 13.2 Å². The van der Waals surface area contributed by atoms with Gasteiger partial charge in [0.25, 0.3) is 0 Å². The van der Waals surface area contributed by atoms with Crippen molar-refractivity contribution in [3.63, 3.8) is 0 Å². The van der Waals surface area contributed by atoms with Crippen LogP contribution in [0.1, 0.15) is 0 Å². The van der Waals surface area contributed by atoms with Crippen LogP contribution >= 0.6 is 11.9 Å². The molecule has 0 aliphatic rings. The minimum absolute atomic E-state index is 0.207. The van der Waals surface area contributed by atoms with Gasteiger partial charge in [-0.25, -0.2) is 8.42 Å². The molecule has 0 saturated carbocycles. The Balaban J connectivity index is 2.78. The first-order valence-corrected chi connectivity index (χ1v) is 5.93. The van der Waals surface area contributed by atoms with Gasteiger partial charge in [-0.1, -0.05) is 18.2 Å². The van der Waals surface area contributed by atoms with Gasteiger partial charge in [0.2, 0.25) is 10.0 Å². The Labute approximate surface area is 88.9 Å². The number of rotatable bonds is 3. The van der Waals surface area contributed by atoms with Gasteiger partial charge in [0, 0.05) is 11.9 Å². The molecule has 0 atom stereocenters. The van der Waals surface area contributed by atoms with E-state index in [0.717, 1.165) is 0 Å². The Morgan fingerprint density at radius 1 is 1.13 bits per heavy atom. The number of hydrogen-bond donors (Lipinski definition) is 1. The van der Waals surface area contributed by atoms with Crippen molar-refractivity contribution in [3.05, 3.63) is 30.3 Å². The molecule has 8 heteroatoms. The van der Waals surface area contributed by atoms with Gasteiger partial charge in [-0.15, -0.1) is 4.13 Å². The fourth-order valence-corrected chi connectivity index (χ4v) is 2.47. The second kappa shape index (κ2) is 4.42. The third kappa shape index (κ3) is 4.10. The van der Waals surface area contributed by atoms with Crippen LogP contribution in [0, 0.1) is 0 Å². The van der Waals surface area contributed by atoms with Gasteiger partial charge in [0.05, 0.1) is 4.90 Å². The molecule has 1 aromatic rings. The van der Waals surface area contributed by atoms with Crippen LogP contribution in [0.15, 0.2) is 35.2 Å². The molecule has 0 unspecified atom stereocenters. The second-order valence-corrected chi connectivity index (χ2v) is 5.26. The highest BCUT2D eigenvalue weighted by atomic mass is 32.3. The predicted molar refractivity (Wildman–Crippen MR) is 50.4 cm³/mol. The highest BCUT2D eigenvalue weighted by Gasteiger charge is 2.31. The lowest BCUT2D eigenvalue weighted by Crippen LogP contribution is -2.21. The molecule has 0 spiro atoms. The zero-order chi connectivity index (χ0) is 11.5. The summed E-state index contributed by atoms with van der Waals surface area (Å²) < 4.78 is 59.1. The number of alkyl halides is 3. The third-order valence-electron chi connectivity index (χ3n) is 1.32. The third-order valence-corrected chi connectivity index (χ3v) is 3.66. The fraction of sp³-hybridized carbons (Fsp3) is 0.143. The number of hydrogen-bond acceptors (Lipinski definition) is 3. The van der Waals surface area contributed by atoms with Crippen LogP contribution in [0.2, 0.25) is 0 Å². The van der Waals surface area contributed by atoms with E-state index in [-0.39, 0.29) is 4.90 Å². The van der Waals surface area contributed by atoms with Gasteiger partial charge in [0.15, 0.2) is 0 Å². The maximum atomic E-state index is 11.7. The lowest BCUT2D eigenvalue weighted by Gasteiger charge is -2.07. The number of sulfonamides is 1. The van der Waals surface area contributed by atoms with Crippen molar-refractivity contribution in [2.75, 3.05) is 0 Å². The van der Waals surface area contributed by atoms with E-state index in [1.165, 1.54) is 28.4 Å². The summed E-state index contributed by atoms with van der Waals surface area (Å²) in [7, 11) is -4.10. The van der Waals surface area contributed by atoms with Crippen LogP contribution < -0.4 is 4.13 Å². The minimum Gasteiger partial charge on any atom is -0.206 e. The van der Waals surface area contributed by atoms with E-state index in [9.17, 15) is 21.6 Å². The summed E-state index contributed by atoms with van der Waals surface area (Å²) in [5.74, 6) is 0. The van der Waals surface area contributed by atoms with E-state index in [4.69, 9.17) is 0 Å². The Morgan fingerprint density at radius 3 is 2.13 bits per heavy atom. The molecule has 0 aliphatic heterocycles. The van der Waals surface area contributed by atoms with Crippen LogP contribution in [0.3, 0.4) is 0 Å². The molecule has 0 fully saturated rings. The summed E-state index contributed by atoms with van der Waals surface area (Å²) in [4.78, 5) is -0.207. The van der Waals surface area contributed by atoms with Gasteiger partial charge < -0.3 is 0 Å². The Bertz CT molecular complexity index is 416. The van der Waals surface area contributed by atoms with Crippen LogP contribution in [-0.2, 0) is 10.0 Å². The molecule has 0 heterocycles. The zero-order valence-electron chi connectivity index (χ0n) is 7.15. The van der Waals surface area contributed by atoms with Gasteiger partial charge in [0.1, 0.15) is 0 Å². The number of benzene rings is 1. The van der Waals surface area contributed by atoms with Crippen LogP contribution in [0.5, 0.6) is 0 Å². The van der Waals surface area contributed by atoms with Crippen molar-refractivity contribution in [3.8, 4) is 0 Å². The summed E-state index contributed by atoms with van der Waals surface area (Å²) in [5.41, 5.74) is -4.64. The molecule has 0 aromatic heterocycles. The van der Waals surface area contributed by atoms with E-state index < -0.39 is 27.5 Å². The Kier molecular flexibility index (Phi) is 3.63. The summed E-state index contributed by atoms with van der Waals surface area (Å²) in [6.07, 6.45) is 0. The minimum atomic E-state index is -4.64. The number of nitrogens with one attached hydrogen (secondary N) is 1. The first-order valence-electron chi connectivity index (χ1n) is 3.63. The van der Waals surface area contributed by atoms with Crippen molar-refractivity contribution in [1.29, 1.82) is 0 Å². The molecule has 1 rings (SSSR count). The zero-order valence-corrected chi connectivity index (χ0v) is 8.79. The Morgan fingerprint density at radius 2 is 1.67 bits per heavy atom. The van der Waals surface area contributed by atoms with E-state index in [1.807, 2.05) is 0 Å². The lowest BCUT2D eigenvalue weighted by atomic mass is 10.4. The predicted octanol–water partition coefficient (Wildman–Crippen LogP) is 2.13. The molecule has 84 valence electrons. The van der Waals surface area contributed by atoms with Gasteiger partial charge in [-0.2, -0.15) is 13.2 Å². The normalized spacial score (nSPS) is 12.7. The van der Waals surface area contributed by atoms with E-state index in [0.29, 0.717) is 0 Å². The highest BCUT2D eigenvalue weighted by molar-refractivity contribution is 8.09. The maximum Gasteiger partial charge on any atom is 0.457 e. The smallest absolute Gasteiger partial charge is 0.206 e. The monoisotopic (exact) mass is 257 g/mol. The molecule has 0 aliphatic carbocycles. The topological polar surface area (TPSA) is 46.2 Å². The molecule has 0 bridgehead atoms. The molecule has 15 heavy (non-hydrogen) atoms. The van der Waals surface area contributed by atoms with E-state index in [2.05, 4.69) is 0 Å². The average Bonchev–Trinajstić information content (AvgIpc) is 2.16. The van der Waals surface area contributed by atoms with E-state index >= 15 is 0 Å². The molecule has 1 N–H and O–H groups in total. The maximum absolute atomic E-state index is 11.7. The van der Waals surface area contributed by atoms with Crippen molar-refractivity contribution in [1.82, 2.24) is 4.13 Å². The van der Waals surface area contributed by atoms with Crippen molar-refractivity contribution in [2.45, 2.75) is 10.4 Å². The number of halogens is 3. The Hall–Kier alpha value is -0.730. The summed E-state index contributed by atoms with van der Waals surface area (Å²) >= 11 is -0.803. The SMILES string of the molecule is O=S(=O)(NSC(F)(F)F)c1ccccc1. The van der Waals surface area contributed by atoms with Gasteiger partial charge >= 0.3 is 5.51 Å². The molecule has 1 aromatic carbocycles.